The van der Waals surface area contributed by atoms with Gasteiger partial charge in [0, 0.05) is 25.4 Å². The Morgan fingerprint density at radius 1 is 1.20 bits per heavy atom. The van der Waals surface area contributed by atoms with Crippen LogP contribution in [0.3, 0.4) is 0 Å². The fourth-order valence-electron chi connectivity index (χ4n) is 3.52. The zero-order chi connectivity index (χ0) is 17.2. The number of ether oxygens (including phenoxy) is 1. The Balaban J connectivity index is 1.69. The van der Waals surface area contributed by atoms with E-state index in [2.05, 4.69) is 11.2 Å². The molecule has 0 N–H and O–H groups in total. The maximum Gasteiger partial charge on any atom is 0.254 e. The molecule has 5 heteroatoms. The third-order valence-corrected chi connectivity index (χ3v) is 4.87. The van der Waals surface area contributed by atoms with Gasteiger partial charge in [-0.25, -0.2) is 0 Å². The van der Waals surface area contributed by atoms with E-state index in [0.29, 0.717) is 18.7 Å². The van der Waals surface area contributed by atoms with Gasteiger partial charge in [0.1, 0.15) is 0 Å². The first-order valence-electron chi connectivity index (χ1n) is 8.55. The fraction of sp³-hybridized carbons (Fsp3) is 0.300. The van der Waals surface area contributed by atoms with Gasteiger partial charge in [-0.05, 0) is 35.4 Å². The highest BCUT2D eigenvalue weighted by Gasteiger charge is 2.28. The summed E-state index contributed by atoms with van der Waals surface area (Å²) >= 11 is 0. The predicted molar refractivity (Wildman–Crippen MR) is 96.3 cm³/mol. The zero-order valence-corrected chi connectivity index (χ0v) is 14.3. The van der Waals surface area contributed by atoms with Crippen molar-refractivity contribution in [1.29, 1.82) is 0 Å². The van der Waals surface area contributed by atoms with Gasteiger partial charge in [-0.15, -0.1) is 0 Å². The Bertz CT molecular complexity index is 903. The van der Waals surface area contributed by atoms with E-state index in [1.807, 2.05) is 52.0 Å². The molecule has 2 aromatic carbocycles. The molecule has 1 aliphatic rings. The van der Waals surface area contributed by atoms with Crippen molar-refractivity contribution in [3.63, 3.8) is 0 Å². The number of fused-ring (bicyclic) bond motifs is 2. The quantitative estimate of drug-likeness (QED) is 0.739. The average Bonchev–Trinajstić information content (AvgIpc) is 3.02. The Morgan fingerprint density at radius 3 is 2.88 bits per heavy atom. The van der Waals surface area contributed by atoms with E-state index in [0.717, 1.165) is 29.4 Å². The van der Waals surface area contributed by atoms with E-state index in [9.17, 15) is 4.79 Å². The molecule has 128 valence electrons. The van der Waals surface area contributed by atoms with Crippen LogP contribution < -0.4 is 0 Å². The normalized spacial score (nSPS) is 17.3. The minimum atomic E-state index is 0.0439. The van der Waals surface area contributed by atoms with Crippen LogP contribution in [-0.4, -0.2) is 40.3 Å². The highest BCUT2D eigenvalue weighted by molar-refractivity contribution is 5.98. The number of nitrogens with zero attached hydrogens (tertiary/aromatic N) is 3. The lowest BCUT2D eigenvalue weighted by atomic mass is 10.0. The minimum absolute atomic E-state index is 0.0439. The summed E-state index contributed by atoms with van der Waals surface area (Å²) in [4.78, 5) is 15.2. The molecule has 1 aromatic heterocycles. The molecule has 0 bridgehead atoms. The number of methoxy groups -OCH3 is 1. The van der Waals surface area contributed by atoms with Gasteiger partial charge in [0.15, 0.2) is 0 Å². The summed E-state index contributed by atoms with van der Waals surface area (Å²) in [6, 6.07) is 16.0. The molecule has 1 atom stereocenters. The van der Waals surface area contributed by atoms with Crippen LogP contribution in [0.15, 0.2) is 54.7 Å². The van der Waals surface area contributed by atoms with Gasteiger partial charge in [-0.3, -0.25) is 9.48 Å². The summed E-state index contributed by atoms with van der Waals surface area (Å²) in [5.41, 5.74) is 1.78. The Hall–Kier alpha value is -2.66. The minimum Gasteiger partial charge on any atom is -0.383 e. The summed E-state index contributed by atoms with van der Waals surface area (Å²) < 4.78 is 7.36. The molecule has 0 saturated heterocycles. The molecule has 0 saturated carbocycles. The summed E-state index contributed by atoms with van der Waals surface area (Å²) in [5.74, 6) is 0.0439. The molecule has 0 radical (unpaired) electrons. The molecule has 1 aliphatic heterocycles. The highest BCUT2D eigenvalue weighted by atomic mass is 16.5. The second-order valence-electron chi connectivity index (χ2n) is 6.44. The molecular formula is C20H21N3O2. The predicted octanol–water partition coefficient (Wildman–Crippen LogP) is 3.10. The van der Waals surface area contributed by atoms with Gasteiger partial charge in [-0.1, -0.05) is 30.3 Å². The number of aromatic nitrogens is 2. The van der Waals surface area contributed by atoms with E-state index in [1.54, 1.807) is 13.3 Å². The smallest absolute Gasteiger partial charge is 0.254 e. The lowest BCUT2D eigenvalue weighted by molar-refractivity contribution is 0.0503. The molecule has 25 heavy (non-hydrogen) atoms. The van der Waals surface area contributed by atoms with Crippen LogP contribution in [0.1, 0.15) is 22.5 Å². The van der Waals surface area contributed by atoms with Crippen LogP contribution in [0.2, 0.25) is 0 Å². The topological polar surface area (TPSA) is 47.4 Å². The van der Waals surface area contributed by atoms with Crippen LogP contribution in [0.25, 0.3) is 10.8 Å². The van der Waals surface area contributed by atoms with Gasteiger partial charge in [0.25, 0.3) is 5.91 Å². The number of carbonyl (C=O) groups is 1. The van der Waals surface area contributed by atoms with Crippen molar-refractivity contribution in [3.05, 3.63) is 66.0 Å². The van der Waals surface area contributed by atoms with Crippen molar-refractivity contribution in [3.8, 4) is 0 Å². The van der Waals surface area contributed by atoms with Gasteiger partial charge in [-0.2, -0.15) is 5.10 Å². The number of aryl methyl sites for hydroxylation is 1. The van der Waals surface area contributed by atoms with Crippen molar-refractivity contribution in [2.45, 2.75) is 25.6 Å². The SMILES string of the molecule is COC[C@H]1CCn2nccc2CN1C(=O)c1ccc2ccccc2c1. The molecule has 2 heterocycles. The molecule has 4 rings (SSSR count). The van der Waals surface area contributed by atoms with E-state index in [-0.39, 0.29) is 11.9 Å². The third kappa shape index (κ3) is 3.03. The Kier molecular flexibility index (Phi) is 4.24. The van der Waals surface area contributed by atoms with Crippen molar-refractivity contribution in [1.82, 2.24) is 14.7 Å². The maximum atomic E-state index is 13.3. The van der Waals surface area contributed by atoms with Crippen LogP contribution in [0, 0.1) is 0 Å². The molecule has 3 aromatic rings. The maximum absolute atomic E-state index is 13.3. The number of hydrogen-bond acceptors (Lipinski definition) is 3. The van der Waals surface area contributed by atoms with Crippen LogP contribution >= 0.6 is 0 Å². The second kappa shape index (κ2) is 6.69. The van der Waals surface area contributed by atoms with Crippen molar-refractivity contribution in [2.75, 3.05) is 13.7 Å². The zero-order valence-electron chi connectivity index (χ0n) is 14.3. The number of benzene rings is 2. The molecule has 0 unspecified atom stereocenters. The van der Waals surface area contributed by atoms with Crippen molar-refractivity contribution >= 4 is 16.7 Å². The average molecular weight is 335 g/mol. The number of amides is 1. The summed E-state index contributed by atoms with van der Waals surface area (Å²) in [6.45, 7) is 1.89. The van der Waals surface area contributed by atoms with Gasteiger partial charge < -0.3 is 9.64 Å². The lowest BCUT2D eigenvalue weighted by Crippen LogP contribution is -2.41. The number of hydrogen-bond donors (Lipinski definition) is 0. The van der Waals surface area contributed by atoms with Crippen LogP contribution in [-0.2, 0) is 17.8 Å². The van der Waals surface area contributed by atoms with Gasteiger partial charge >= 0.3 is 0 Å². The van der Waals surface area contributed by atoms with Gasteiger partial charge in [0.05, 0.1) is 24.9 Å². The third-order valence-electron chi connectivity index (χ3n) is 4.87. The first kappa shape index (κ1) is 15.8. The molecule has 1 amide bonds. The Morgan fingerprint density at radius 2 is 2.04 bits per heavy atom. The Labute approximate surface area is 146 Å². The second-order valence-corrected chi connectivity index (χ2v) is 6.44. The molecule has 0 fully saturated rings. The van der Waals surface area contributed by atoms with E-state index in [1.165, 1.54) is 0 Å². The van der Waals surface area contributed by atoms with Gasteiger partial charge in [0.2, 0.25) is 0 Å². The fourth-order valence-corrected chi connectivity index (χ4v) is 3.52. The van der Waals surface area contributed by atoms with Crippen LogP contribution in [0.5, 0.6) is 0 Å². The monoisotopic (exact) mass is 335 g/mol. The van der Waals surface area contributed by atoms with E-state index in [4.69, 9.17) is 4.74 Å². The van der Waals surface area contributed by atoms with Crippen LogP contribution in [0.4, 0.5) is 0 Å². The van der Waals surface area contributed by atoms with E-state index >= 15 is 0 Å². The first-order chi connectivity index (χ1) is 12.3. The van der Waals surface area contributed by atoms with Crippen molar-refractivity contribution in [2.24, 2.45) is 0 Å². The summed E-state index contributed by atoms with van der Waals surface area (Å²) in [5, 5.41) is 6.58. The molecule has 0 spiro atoms. The largest absolute Gasteiger partial charge is 0.383 e. The molecular weight excluding hydrogens is 314 g/mol. The molecule has 5 nitrogen and oxygen atoms in total. The highest BCUT2D eigenvalue weighted by Crippen LogP contribution is 2.22. The number of rotatable bonds is 3. The lowest BCUT2D eigenvalue weighted by Gasteiger charge is -2.29. The molecule has 0 aliphatic carbocycles. The van der Waals surface area contributed by atoms with E-state index < -0.39 is 0 Å². The summed E-state index contributed by atoms with van der Waals surface area (Å²) in [6.07, 6.45) is 2.63. The van der Waals surface area contributed by atoms with Crippen molar-refractivity contribution < 1.29 is 9.53 Å². The number of carbonyl (C=O) groups excluding carboxylic acids is 1. The summed E-state index contributed by atoms with van der Waals surface area (Å²) in [7, 11) is 1.68. The standard InChI is InChI=1S/C20H21N3O2/c1-25-14-19-9-11-23-18(8-10-21-23)13-22(19)20(24)17-7-6-15-4-2-3-5-16(15)12-17/h2-8,10,12,19H,9,11,13-14H2,1H3/t19-/m1/s1. The first-order valence-corrected chi connectivity index (χ1v) is 8.55.